The van der Waals surface area contributed by atoms with E-state index in [2.05, 4.69) is 93.7 Å². The molecule has 5 nitrogen and oxygen atoms in total. The summed E-state index contributed by atoms with van der Waals surface area (Å²) in [5.41, 5.74) is 0. The van der Waals surface area contributed by atoms with Gasteiger partial charge in [0, 0.05) is 19.4 Å². The number of carbonyl (C=O) groups is 2. The van der Waals surface area contributed by atoms with Crippen LogP contribution in [-0.2, 0) is 23.8 Å². The predicted octanol–water partition coefficient (Wildman–Crippen LogP) is 17.9. The van der Waals surface area contributed by atoms with Crippen LogP contribution < -0.4 is 0 Å². The van der Waals surface area contributed by atoms with Crippen molar-refractivity contribution in [3.8, 4) is 0 Å². The van der Waals surface area contributed by atoms with E-state index in [-0.39, 0.29) is 25.2 Å². The van der Waals surface area contributed by atoms with Crippen LogP contribution in [0.1, 0.15) is 252 Å². The molecule has 0 aromatic rings. The number of unbranched alkanes of at least 4 members (excludes halogenated alkanes) is 25. The second-order valence-electron chi connectivity index (χ2n) is 17.4. The normalized spacial score (nSPS) is 12.8. The van der Waals surface area contributed by atoms with Crippen LogP contribution in [-0.4, -0.2) is 37.9 Å². The van der Waals surface area contributed by atoms with Gasteiger partial charge in [0.2, 0.25) is 0 Å². The van der Waals surface area contributed by atoms with E-state index in [0.717, 1.165) is 103 Å². The quantitative estimate of drug-likeness (QED) is 0.0346. The average molecular weight is 865 g/mol. The van der Waals surface area contributed by atoms with Gasteiger partial charge >= 0.3 is 11.9 Å². The fourth-order valence-corrected chi connectivity index (χ4v) is 7.36. The van der Waals surface area contributed by atoms with E-state index >= 15 is 0 Å². The Bertz CT molecular complexity index is 1110. The smallest absolute Gasteiger partial charge is 0.306 e. The van der Waals surface area contributed by atoms with Crippen LogP contribution in [0, 0.1) is 0 Å². The molecule has 0 aliphatic rings. The lowest BCUT2D eigenvalue weighted by Crippen LogP contribution is -2.30. The molecule has 5 heteroatoms. The van der Waals surface area contributed by atoms with Gasteiger partial charge < -0.3 is 14.2 Å². The van der Waals surface area contributed by atoms with E-state index in [1.54, 1.807) is 0 Å². The summed E-state index contributed by atoms with van der Waals surface area (Å²) in [7, 11) is 0. The molecule has 0 N–H and O–H groups in total. The Kier molecular flexibility index (Phi) is 50.4. The number of ether oxygens (including phenoxy) is 3. The second kappa shape index (κ2) is 52.7. The van der Waals surface area contributed by atoms with E-state index in [0.29, 0.717) is 19.4 Å². The minimum absolute atomic E-state index is 0.0643. The fourth-order valence-electron chi connectivity index (χ4n) is 7.36. The molecule has 0 saturated carbocycles. The number of hydrogen-bond donors (Lipinski definition) is 0. The van der Waals surface area contributed by atoms with Crippen molar-refractivity contribution in [2.45, 2.75) is 258 Å². The van der Waals surface area contributed by atoms with Gasteiger partial charge in [-0.25, -0.2) is 0 Å². The van der Waals surface area contributed by atoms with Gasteiger partial charge in [-0.1, -0.05) is 229 Å². The van der Waals surface area contributed by atoms with Crippen LogP contribution in [0.5, 0.6) is 0 Å². The minimum Gasteiger partial charge on any atom is -0.462 e. The Hall–Kier alpha value is -2.66. The molecule has 0 amide bonds. The topological polar surface area (TPSA) is 61.8 Å². The maximum Gasteiger partial charge on any atom is 0.306 e. The Morgan fingerprint density at radius 1 is 0.371 bits per heavy atom. The SMILES string of the molecule is CC/C=C\C/C=C\C/C=C\CCCCCCCC(=O)OCC(COCCCCCCCCCCCCCCCCCCCC)OC(=O)CCCCC/C=C\C/C=C\C/C=C\CC. The van der Waals surface area contributed by atoms with Crippen molar-refractivity contribution in [2.24, 2.45) is 0 Å². The van der Waals surface area contributed by atoms with Crippen LogP contribution in [0.4, 0.5) is 0 Å². The van der Waals surface area contributed by atoms with Gasteiger partial charge in [0.15, 0.2) is 6.10 Å². The van der Waals surface area contributed by atoms with Crippen LogP contribution in [0.15, 0.2) is 72.9 Å². The molecule has 0 radical (unpaired) electrons. The summed E-state index contributed by atoms with van der Waals surface area (Å²) < 4.78 is 17.4. The zero-order valence-corrected chi connectivity index (χ0v) is 41.1. The lowest BCUT2D eigenvalue weighted by molar-refractivity contribution is -0.163. The van der Waals surface area contributed by atoms with Crippen molar-refractivity contribution < 1.29 is 23.8 Å². The van der Waals surface area contributed by atoms with Crippen LogP contribution >= 0.6 is 0 Å². The first-order valence-corrected chi connectivity index (χ1v) is 26.5. The summed E-state index contributed by atoms with van der Waals surface area (Å²) in [5, 5.41) is 0. The molecule has 0 heterocycles. The van der Waals surface area contributed by atoms with Gasteiger partial charge in [0.1, 0.15) is 6.61 Å². The molecule has 0 spiro atoms. The molecule has 0 fully saturated rings. The summed E-state index contributed by atoms with van der Waals surface area (Å²) in [5.74, 6) is -0.445. The Labute approximate surface area is 385 Å². The Balaban J connectivity index is 4.29. The summed E-state index contributed by atoms with van der Waals surface area (Å²) in [6.07, 6.45) is 67.8. The highest BCUT2D eigenvalue weighted by Gasteiger charge is 2.17. The van der Waals surface area contributed by atoms with E-state index in [1.165, 1.54) is 116 Å². The average Bonchev–Trinajstić information content (AvgIpc) is 3.27. The monoisotopic (exact) mass is 865 g/mol. The fraction of sp³-hybridized carbons (Fsp3) is 0.754. The molecule has 1 unspecified atom stereocenters. The van der Waals surface area contributed by atoms with Crippen molar-refractivity contribution in [2.75, 3.05) is 19.8 Å². The Morgan fingerprint density at radius 3 is 1.18 bits per heavy atom. The molecule has 0 aliphatic carbocycles. The molecule has 62 heavy (non-hydrogen) atoms. The van der Waals surface area contributed by atoms with Gasteiger partial charge in [0.05, 0.1) is 6.61 Å². The van der Waals surface area contributed by atoms with E-state index < -0.39 is 6.10 Å². The third-order valence-corrected chi connectivity index (χ3v) is 11.2. The maximum atomic E-state index is 12.8. The summed E-state index contributed by atoms with van der Waals surface area (Å²) in [6, 6.07) is 0. The first-order chi connectivity index (χ1) is 30.6. The highest BCUT2D eigenvalue weighted by atomic mass is 16.6. The van der Waals surface area contributed by atoms with Gasteiger partial charge in [-0.15, -0.1) is 0 Å². The number of rotatable bonds is 48. The van der Waals surface area contributed by atoms with Crippen molar-refractivity contribution >= 4 is 11.9 Å². The van der Waals surface area contributed by atoms with Crippen molar-refractivity contribution in [3.05, 3.63) is 72.9 Å². The van der Waals surface area contributed by atoms with Crippen molar-refractivity contribution in [1.29, 1.82) is 0 Å². The molecule has 0 aromatic carbocycles. The molecule has 358 valence electrons. The molecule has 1 atom stereocenters. The molecular weight excluding hydrogens is 765 g/mol. The highest BCUT2D eigenvalue weighted by molar-refractivity contribution is 5.70. The largest absolute Gasteiger partial charge is 0.462 e. The number of hydrogen-bond acceptors (Lipinski definition) is 5. The van der Waals surface area contributed by atoms with Crippen molar-refractivity contribution in [1.82, 2.24) is 0 Å². The van der Waals surface area contributed by atoms with E-state index in [9.17, 15) is 9.59 Å². The molecule has 0 saturated heterocycles. The van der Waals surface area contributed by atoms with E-state index in [1.807, 2.05) is 0 Å². The van der Waals surface area contributed by atoms with Crippen LogP contribution in [0.2, 0.25) is 0 Å². The third-order valence-electron chi connectivity index (χ3n) is 11.2. The lowest BCUT2D eigenvalue weighted by atomic mass is 10.0. The zero-order chi connectivity index (χ0) is 44.9. The van der Waals surface area contributed by atoms with Crippen molar-refractivity contribution in [3.63, 3.8) is 0 Å². The van der Waals surface area contributed by atoms with Gasteiger partial charge in [-0.05, 0) is 83.5 Å². The second-order valence-corrected chi connectivity index (χ2v) is 17.4. The molecule has 0 bridgehead atoms. The molecule has 0 aromatic heterocycles. The molecular formula is C57H100O5. The van der Waals surface area contributed by atoms with Gasteiger partial charge in [-0.3, -0.25) is 9.59 Å². The van der Waals surface area contributed by atoms with Gasteiger partial charge in [-0.2, -0.15) is 0 Å². The number of allylic oxidation sites excluding steroid dienone is 12. The molecule has 0 aliphatic heterocycles. The molecule has 0 rings (SSSR count). The first kappa shape index (κ1) is 59.3. The highest BCUT2D eigenvalue weighted by Crippen LogP contribution is 2.15. The lowest BCUT2D eigenvalue weighted by Gasteiger charge is -2.18. The summed E-state index contributed by atoms with van der Waals surface area (Å²) in [4.78, 5) is 25.4. The first-order valence-electron chi connectivity index (χ1n) is 26.5. The maximum absolute atomic E-state index is 12.8. The number of carbonyl (C=O) groups excluding carboxylic acids is 2. The number of esters is 2. The van der Waals surface area contributed by atoms with E-state index in [4.69, 9.17) is 14.2 Å². The minimum atomic E-state index is -0.558. The van der Waals surface area contributed by atoms with Crippen LogP contribution in [0.3, 0.4) is 0 Å². The summed E-state index contributed by atoms with van der Waals surface area (Å²) >= 11 is 0. The predicted molar refractivity (Wildman–Crippen MR) is 270 cm³/mol. The standard InChI is InChI=1S/C57H100O5/c1-4-7-10-13-16-19-22-25-27-28-29-31-34-37-40-43-46-49-52-60-53-55(62-57(59)51-48-45-42-39-36-32-24-21-18-15-12-9-6-3)54-61-56(58)50-47-44-41-38-35-33-30-26-23-20-17-14-11-8-5-2/h8-9,11-12,17-18,20-21,26,30,32,36,55H,4-7,10,13-16,19,22-25,27-29,31,33-35,37-54H2,1-3H3/b11-8-,12-9-,20-17-,21-18-,30-26-,36-32-. The Morgan fingerprint density at radius 2 is 0.726 bits per heavy atom. The third kappa shape index (κ3) is 50.0. The zero-order valence-electron chi connectivity index (χ0n) is 41.1. The summed E-state index contributed by atoms with van der Waals surface area (Å²) in [6.45, 7) is 7.58. The van der Waals surface area contributed by atoms with Crippen LogP contribution in [0.25, 0.3) is 0 Å². The van der Waals surface area contributed by atoms with Gasteiger partial charge in [0.25, 0.3) is 0 Å².